The Labute approximate surface area is 213 Å². The number of phenolic OH excluding ortho intramolecular Hbond substituents is 8. The minimum absolute atomic E-state index is 0.111. The molecule has 0 aliphatic heterocycles. The van der Waals surface area contributed by atoms with Gasteiger partial charge in [0, 0.05) is 58.4 Å². The fourth-order valence-corrected chi connectivity index (χ4v) is 4.79. The van der Waals surface area contributed by atoms with Gasteiger partial charge >= 0.3 is 0 Å². The lowest BCUT2D eigenvalue weighted by molar-refractivity contribution is 0.428. The van der Waals surface area contributed by atoms with Crippen LogP contribution in [0, 0.1) is 0 Å². The molecule has 0 radical (unpaired) electrons. The van der Waals surface area contributed by atoms with Crippen molar-refractivity contribution in [1.29, 1.82) is 0 Å². The van der Waals surface area contributed by atoms with Crippen LogP contribution in [0.5, 0.6) is 46.0 Å². The molecule has 0 aliphatic carbocycles. The number of phenols is 8. The lowest BCUT2D eigenvalue weighted by Crippen LogP contribution is -2.06. The number of aromatic hydroxyl groups is 8. The molecule has 0 spiro atoms. The number of benzene rings is 4. The molecular formula is C29H28O8. The van der Waals surface area contributed by atoms with Gasteiger partial charge in [-0.1, -0.05) is 30.7 Å². The van der Waals surface area contributed by atoms with E-state index in [0.717, 1.165) is 0 Å². The predicted octanol–water partition coefficient (Wildman–Crippen LogP) is 5.47. The Bertz CT molecular complexity index is 1210. The van der Waals surface area contributed by atoms with Crippen LogP contribution in [0.3, 0.4) is 0 Å². The summed E-state index contributed by atoms with van der Waals surface area (Å²) in [5, 5.41) is 81.2. The van der Waals surface area contributed by atoms with Crippen LogP contribution in [-0.4, -0.2) is 40.9 Å². The number of hydrogen-bond acceptors (Lipinski definition) is 8. The third kappa shape index (κ3) is 5.59. The van der Waals surface area contributed by atoms with Crippen LogP contribution < -0.4 is 0 Å². The lowest BCUT2D eigenvalue weighted by Gasteiger charge is -2.24. The summed E-state index contributed by atoms with van der Waals surface area (Å²) in [6, 6.07) is 16.9. The van der Waals surface area contributed by atoms with E-state index < -0.39 is 11.8 Å². The first-order valence-electron chi connectivity index (χ1n) is 11.7. The zero-order valence-electron chi connectivity index (χ0n) is 19.8. The van der Waals surface area contributed by atoms with Crippen molar-refractivity contribution in [3.63, 3.8) is 0 Å². The highest BCUT2D eigenvalue weighted by Crippen LogP contribution is 2.44. The quantitative estimate of drug-likeness (QED) is 0.157. The van der Waals surface area contributed by atoms with Gasteiger partial charge in [0.05, 0.1) is 0 Å². The molecule has 0 aliphatic rings. The summed E-state index contributed by atoms with van der Waals surface area (Å²) in [5.41, 5.74) is 1.87. The largest absolute Gasteiger partial charge is 0.508 e. The monoisotopic (exact) mass is 504 g/mol. The van der Waals surface area contributed by atoms with Gasteiger partial charge in [0.1, 0.15) is 46.0 Å². The number of rotatable bonds is 8. The molecule has 8 N–H and O–H groups in total. The molecule has 0 saturated heterocycles. The summed E-state index contributed by atoms with van der Waals surface area (Å²) in [6.07, 6.45) is 1.30. The minimum Gasteiger partial charge on any atom is -0.508 e. The van der Waals surface area contributed by atoms with E-state index in [-0.39, 0.29) is 46.0 Å². The average Bonchev–Trinajstić information content (AvgIpc) is 2.82. The molecule has 0 fully saturated rings. The van der Waals surface area contributed by atoms with Crippen molar-refractivity contribution < 1.29 is 40.9 Å². The Kier molecular flexibility index (Phi) is 7.20. The first kappa shape index (κ1) is 25.4. The van der Waals surface area contributed by atoms with Crippen molar-refractivity contribution in [2.24, 2.45) is 0 Å². The SMILES string of the molecule is Oc1ccc(C(CCCC(c2ccc(O)cc2O)c2ccc(O)cc2O)c2ccc(O)cc2O)c(O)c1. The molecule has 0 amide bonds. The van der Waals surface area contributed by atoms with Crippen molar-refractivity contribution in [1.82, 2.24) is 0 Å². The van der Waals surface area contributed by atoms with Crippen LogP contribution in [0.25, 0.3) is 0 Å². The zero-order valence-corrected chi connectivity index (χ0v) is 19.8. The van der Waals surface area contributed by atoms with Gasteiger partial charge in [-0.25, -0.2) is 0 Å². The third-order valence-electron chi connectivity index (χ3n) is 6.54. The highest BCUT2D eigenvalue weighted by Gasteiger charge is 2.25. The van der Waals surface area contributed by atoms with Gasteiger partial charge in [-0.2, -0.15) is 0 Å². The maximum absolute atomic E-state index is 10.6. The fraction of sp³-hybridized carbons (Fsp3) is 0.172. The molecule has 0 saturated carbocycles. The molecule has 192 valence electrons. The van der Waals surface area contributed by atoms with E-state index in [4.69, 9.17) is 0 Å². The van der Waals surface area contributed by atoms with Crippen molar-refractivity contribution in [2.45, 2.75) is 31.1 Å². The molecule has 37 heavy (non-hydrogen) atoms. The Hall–Kier alpha value is -4.72. The Morgan fingerprint density at radius 2 is 0.622 bits per heavy atom. The second kappa shape index (κ2) is 10.5. The van der Waals surface area contributed by atoms with E-state index in [1.165, 1.54) is 48.5 Å². The van der Waals surface area contributed by atoms with E-state index in [2.05, 4.69) is 0 Å². The normalized spacial score (nSPS) is 11.3. The molecule has 4 rings (SSSR count). The molecular weight excluding hydrogens is 476 g/mol. The van der Waals surface area contributed by atoms with Crippen LogP contribution in [0.1, 0.15) is 53.4 Å². The topological polar surface area (TPSA) is 162 Å². The highest BCUT2D eigenvalue weighted by molar-refractivity contribution is 5.51. The first-order chi connectivity index (χ1) is 17.6. The smallest absolute Gasteiger partial charge is 0.123 e. The molecule has 8 heteroatoms. The fourth-order valence-electron chi connectivity index (χ4n) is 4.79. The van der Waals surface area contributed by atoms with E-state index >= 15 is 0 Å². The van der Waals surface area contributed by atoms with E-state index in [1.54, 1.807) is 24.3 Å². The van der Waals surface area contributed by atoms with Crippen molar-refractivity contribution in [2.75, 3.05) is 0 Å². The summed E-state index contributed by atoms with van der Waals surface area (Å²) in [7, 11) is 0. The van der Waals surface area contributed by atoms with Crippen LogP contribution in [0.15, 0.2) is 72.8 Å². The van der Waals surface area contributed by atoms with Gasteiger partial charge in [-0.15, -0.1) is 0 Å². The molecule has 0 heterocycles. The van der Waals surface area contributed by atoms with Gasteiger partial charge < -0.3 is 40.9 Å². The lowest BCUT2D eigenvalue weighted by atomic mass is 9.81. The predicted molar refractivity (Wildman–Crippen MR) is 137 cm³/mol. The van der Waals surface area contributed by atoms with E-state index in [9.17, 15) is 40.9 Å². The Morgan fingerprint density at radius 1 is 0.378 bits per heavy atom. The van der Waals surface area contributed by atoms with Gasteiger partial charge in [-0.05, 0) is 37.1 Å². The van der Waals surface area contributed by atoms with Crippen LogP contribution in [0.2, 0.25) is 0 Å². The summed E-state index contributed by atoms with van der Waals surface area (Å²) < 4.78 is 0. The maximum atomic E-state index is 10.6. The third-order valence-corrected chi connectivity index (χ3v) is 6.54. The first-order valence-corrected chi connectivity index (χ1v) is 11.7. The van der Waals surface area contributed by atoms with Gasteiger partial charge in [0.2, 0.25) is 0 Å². The second-order valence-corrected chi connectivity index (χ2v) is 9.01. The highest BCUT2D eigenvalue weighted by atomic mass is 16.3. The van der Waals surface area contributed by atoms with Crippen molar-refractivity contribution in [3.8, 4) is 46.0 Å². The summed E-state index contributed by atoms with van der Waals surface area (Å²) in [5.74, 6) is -2.07. The summed E-state index contributed by atoms with van der Waals surface area (Å²) >= 11 is 0. The molecule has 4 aromatic carbocycles. The van der Waals surface area contributed by atoms with Crippen LogP contribution in [0.4, 0.5) is 0 Å². The molecule has 0 aromatic heterocycles. The summed E-state index contributed by atoms with van der Waals surface area (Å²) in [6.45, 7) is 0. The summed E-state index contributed by atoms with van der Waals surface area (Å²) in [4.78, 5) is 0. The number of hydrogen-bond donors (Lipinski definition) is 8. The van der Waals surface area contributed by atoms with Crippen molar-refractivity contribution >= 4 is 0 Å². The van der Waals surface area contributed by atoms with Gasteiger partial charge in [0.25, 0.3) is 0 Å². The van der Waals surface area contributed by atoms with Crippen LogP contribution >= 0.6 is 0 Å². The van der Waals surface area contributed by atoms with Crippen molar-refractivity contribution in [3.05, 3.63) is 95.1 Å². The molecule has 0 unspecified atom stereocenters. The molecule has 4 aromatic rings. The van der Waals surface area contributed by atoms with Gasteiger partial charge in [-0.3, -0.25) is 0 Å². The molecule has 0 bridgehead atoms. The standard InChI is InChI=1S/C29H28O8/c30-16-4-8-22(26(34)12-16)20(23-9-5-17(31)13-27(23)35)2-1-3-21(24-10-6-18(32)14-28(24)36)25-11-7-19(33)15-29(25)37/h4-15,20-21,30-37H,1-3H2. The average molecular weight is 505 g/mol. The van der Waals surface area contributed by atoms with E-state index in [1.807, 2.05) is 0 Å². The Morgan fingerprint density at radius 3 is 0.838 bits per heavy atom. The van der Waals surface area contributed by atoms with Gasteiger partial charge in [0.15, 0.2) is 0 Å². The maximum Gasteiger partial charge on any atom is 0.123 e. The minimum atomic E-state index is -0.510. The molecule has 0 atom stereocenters. The Balaban J connectivity index is 1.69. The van der Waals surface area contributed by atoms with E-state index in [0.29, 0.717) is 41.5 Å². The zero-order chi connectivity index (χ0) is 26.7. The second-order valence-electron chi connectivity index (χ2n) is 9.01. The molecule has 8 nitrogen and oxygen atoms in total. The van der Waals surface area contributed by atoms with Crippen LogP contribution in [-0.2, 0) is 0 Å².